The van der Waals surface area contributed by atoms with Gasteiger partial charge in [0, 0.05) is 32.8 Å². The van der Waals surface area contributed by atoms with Gasteiger partial charge in [-0.25, -0.2) is 0 Å². The minimum Gasteiger partial charge on any atom is -0.380 e. The van der Waals surface area contributed by atoms with Crippen molar-refractivity contribution >= 4 is 0 Å². The van der Waals surface area contributed by atoms with Crippen molar-refractivity contribution in [1.29, 1.82) is 0 Å². The zero-order valence-electron chi connectivity index (χ0n) is 10.9. The minimum atomic E-state index is 0.436. The summed E-state index contributed by atoms with van der Waals surface area (Å²) in [5.41, 5.74) is 0. The lowest BCUT2D eigenvalue weighted by molar-refractivity contribution is 0.108. The Labute approximate surface area is 99.5 Å². The van der Waals surface area contributed by atoms with Crippen LogP contribution < -0.4 is 5.32 Å². The second-order valence-corrected chi connectivity index (χ2v) is 5.70. The van der Waals surface area contributed by atoms with E-state index in [1.54, 1.807) is 0 Å². The van der Waals surface area contributed by atoms with E-state index in [0.29, 0.717) is 12.1 Å². The third kappa shape index (κ3) is 2.96. The molecule has 2 rings (SSSR count). The molecule has 0 aromatic heterocycles. The lowest BCUT2D eigenvalue weighted by Gasteiger charge is -2.36. The van der Waals surface area contributed by atoms with Crippen molar-refractivity contribution in [2.24, 2.45) is 11.8 Å². The van der Waals surface area contributed by atoms with Crippen LogP contribution in [0.2, 0.25) is 0 Å². The molecule has 0 bridgehead atoms. The highest BCUT2D eigenvalue weighted by molar-refractivity contribution is 4.86. The second-order valence-electron chi connectivity index (χ2n) is 5.70. The molecule has 0 spiro atoms. The predicted octanol–water partition coefficient (Wildman–Crippen LogP) is 1.34. The summed E-state index contributed by atoms with van der Waals surface area (Å²) in [6.07, 6.45) is 2.98. The van der Waals surface area contributed by atoms with Crippen LogP contribution in [-0.4, -0.2) is 50.3 Å². The number of hydrogen-bond acceptors (Lipinski definition) is 3. The highest BCUT2D eigenvalue weighted by Gasteiger charge is 2.28. The molecule has 1 N–H and O–H groups in total. The molecule has 16 heavy (non-hydrogen) atoms. The molecule has 0 aromatic rings. The van der Waals surface area contributed by atoms with E-state index < -0.39 is 0 Å². The standard InChI is InChI=1S/C13H26N2O/c1-10-4-5-15(8-11(10)2)9-12-6-13(16-3)7-14-12/h10-14H,4-9H2,1-3H3. The first-order valence-electron chi connectivity index (χ1n) is 6.67. The van der Waals surface area contributed by atoms with Crippen LogP contribution in [0.1, 0.15) is 26.7 Å². The summed E-state index contributed by atoms with van der Waals surface area (Å²) in [5, 5.41) is 3.56. The SMILES string of the molecule is COC1CNC(CN2CCC(C)C(C)C2)C1. The summed E-state index contributed by atoms with van der Waals surface area (Å²) in [4.78, 5) is 2.63. The maximum absolute atomic E-state index is 5.39. The lowest BCUT2D eigenvalue weighted by atomic mass is 9.88. The normalized spacial score (nSPS) is 41.4. The molecule has 2 saturated heterocycles. The summed E-state index contributed by atoms with van der Waals surface area (Å²) in [5.74, 6) is 1.76. The molecule has 2 fully saturated rings. The molecule has 2 heterocycles. The molecule has 0 radical (unpaired) electrons. The third-order valence-electron chi connectivity index (χ3n) is 4.41. The molecule has 4 unspecified atom stereocenters. The molecule has 0 amide bonds. The first kappa shape index (κ1) is 12.3. The van der Waals surface area contributed by atoms with Crippen LogP contribution in [0.15, 0.2) is 0 Å². The zero-order chi connectivity index (χ0) is 11.5. The number of likely N-dealkylation sites (tertiary alicyclic amines) is 1. The maximum atomic E-state index is 5.39. The molecule has 2 aliphatic heterocycles. The van der Waals surface area contributed by atoms with Crippen molar-refractivity contribution in [3.63, 3.8) is 0 Å². The van der Waals surface area contributed by atoms with Crippen molar-refractivity contribution < 1.29 is 4.74 Å². The fourth-order valence-electron chi connectivity index (χ4n) is 2.93. The average Bonchev–Trinajstić information content (AvgIpc) is 2.71. The number of rotatable bonds is 3. The van der Waals surface area contributed by atoms with Crippen molar-refractivity contribution in [3.8, 4) is 0 Å². The number of piperidine rings is 1. The van der Waals surface area contributed by atoms with Gasteiger partial charge < -0.3 is 15.0 Å². The fourth-order valence-corrected chi connectivity index (χ4v) is 2.93. The molecule has 3 heteroatoms. The Morgan fingerprint density at radius 2 is 2.12 bits per heavy atom. The first-order valence-corrected chi connectivity index (χ1v) is 6.67. The van der Waals surface area contributed by atoms with E-state index in [1.807, 2.05) is 7.11 Å². The number of nitrogens with zero attached hydrogens (tertiary/aromatic N) is 1. The van der Waals surface area contributed by atoms with Gasteiger partial charge in [-0.2, -0.15) is 0 Å². The zero-order valence-corrected chi connectivity index (χ0v) is 10.9. The highest BCUT2D eigenvalue weighted by Crippen LogP contribution is 2.23. The van der Waals surface area contributed by atoms with Crippen molar-refractivity contribution in [1.82, 2.24) is 10.2 Å². The largest absolute Gasteiger partial charge is 0.380 e. The van der Waals surface area contributed by atoms with Crippen LogP contribution in [0, 0.1) is 11.8 Å². The average molecular weight is 226 g/mol. The second kappa shape index (κ2) is 5.48. The van der Waals surface area contributed by atoms with Gasteiger partial charge in [0.15, 0.2) is 0 Å². The molecule has 2 aliphatic rings. The summed E-state index contributed by atoms with van der Waals surface area (Å²) in [7, 11) is 1.82. The predicted molar refractivity (Wildman–Crippen MR) is 66.6 cm³/mol. The van der Waals surface area contributed by atoms with Crippen LogP contribution >= 0.6 is 0 Å². The molecular weight excluding hydrogens is 200 g/mol. The number of hydrogen-bond donors (Lipinski definition) is 1. The summed E-state index contributed by atoms with van der Waals surface area (Å²) < 4.78 is 5.39. The van der Waals surface area contributed by atoms with Crippen molar-refractivity contribution in [3.05, 3.63) is 0 Å². The van der Waals surface area contributed by atoms with E-state index in [-0.39, 0.29) is 0 Å². The fraction of sp³-hybridized carbons (Fsp3) is 1.00. The van der Waals surface area contributed by atoms with Crippen LogP contribution in [0.25, 0.3) is 0 Å². The van der Waals surface area contributed by atoms with E-state index in [9.17, 15) is 0 Å². The summed E-state index contributed by atoms with van der Waals surface area (Å²) in [6, 6.07) is 0.644. The molecular formula is C13H26N2O. The van der Waals surface area contributed by atoms with Gasteiger partial charge in [-0.1, -0.05) is 13.8 Å². The van der Waals surface area contributed by atoms with Crippen LogP contribution in [0.4, 0.5) is 0 Å². The highest BCUT2D eigenvalue weighted by atomic mass is 16.5. The molecule has 0 saturated carbocycles. The van der Waals surface area contributed by atoms with E-state index >= 15 is 0 Å². The monoisotopic (exact) mass is 226 g/mol. The van der Waals surface area contributed by atoms with Crippen molar-refractivity contribution in [2.45, 2.75) is 38.8 Å². The van der Waals surface area contributed by atoms with Crippen molar-refractivity contribution in [2.75, 3.05) is 33.3 Å². The number of methoxy groups -OCH3 is 1. The van der Waals surface area contributed by atoms with Gasteiger partial charge in [0.1, 0.15) is 0 Å². The van der Waals surface area contributed by atoms with Gasteiger partial charge in [-0.05, 0) is 31.2 Å². The Morgan fingerprint density at radius 3 is 2.75 bits per heavy atom. The Morgan fingerprint density at radius 1 is 1.31 bits per heavy atom. The van der Waals surface area contributed by atoms with Gasteiger partial charge in [0.2, 0.25) is 0 Å². The molecule has 94 valence electrons. The van der Waals surface area contributed by atoms with E-state index in [4.69, 9.17) is 4.74 Å². The van der Waals surface area contributed by atoms with Gasteiger partial charge in [-0.3, -0.25) is 0 Å². The van der Waals surface area contributed by atoms with Gasteiger partial charge in [0.25, 0.3) is 0 Å². The number of ether oxygens (including phenoxy) is 1. The molecule has 4 atom stereocenters. The van der Waals surface area contributed by atoms with Gasteiger partial charge in [-0.15, -0.1) is 0 Å². The van der Waals surface area contributed by atoms with E-state index in [1.165, 1.54) is 32.5 Å². The minimum absolute atomic E-state index is 0.436. The van der Waals surface area contributed by atoms with E-state index in [2.05, 4.69) is 24.1 Å². The topological polar surface area (TPSA) is 24.5 Å². The molecule has 0 aromatic carbocycles. The van der Waals surface area contributed by atoms with Crippen LogP contribution in [-0.2, 0) is 4.74 Å². The van der Waals surface area contributed by atoms with Crippen LogP contribution in [0.3, 0.4) is 0 Å². The van der Waals surface area contributed by atoms with E-state index in [0.717, 1.165) is 18.4 Å². The molecule has 0 aliphatic carbocycles. The quantitative estimate of drug-likeness (QED) is 0.786. The van der Waals surface area contributed by atoms with Gasteiger partial charge >= 0.3 is 0 Å². The Hall–Kier alpha value is -0.120. The summed E-state index contributed by atoms with van der Waals surface area (Å²) >= 11 is 0. The molecule has 3 nitrogen and oxygen atoms in total. The smallest absolute Gasteiger partial charge is 0.0711 e. The number of nitrogens with one attached hydrogen (secondary N) is 1. The van der Waals surface area contributed by atoms with Gasteiger partial charge in [0.05, 0.1) is 6.10 Å². The maximum Gasteiger partial charge on any atom is 0.0711 e. The summed E-state index contributed by atoms with van der Waals surface area (Å²) in [6.45, 7) is 9.56. The third-order valence-corrected chi connectivity index (χ3v) is 4.41. The Balaban J connectivity index is 1.74. The van der Waals surface area contributed by atoms with Crippen LogP contribution in [0.5, 0.6) is 0 Å². The Bertz CT molecular complexity index is 222. The first-order chi connectivity index (χ1) is 7.69. The lowest BCUT2D eigenvalue weighted by Crippen LogP contribution is -2.44. The Kier molecular flexibility index (Phi) is 4.22.